The van der Waals surface area contributed by atoms with Gasteiger partial charge >= 0.3 is 0 Å². The average Bonchev–Trinajstić information content (AvgIpc) is 2.79. The van der Waals surface area contributed by atoms with Crippen LogP contribution < -0.4 is 15.5 Å². The Morgan fingerprint density at radius 3 is 2.91 bits per heavy atom. The van der Waals surface area contributed by atoms with Crippen LogP contribution in [0.5, 0.6) is 0 Å². The van der Waals surface area contributed by atoms with E-state index in [1.807, 2.05) is 0 Å². The van der Waals surface area contributed by atoms with Crippen LogP contribution >= 0.6 is 0 Å². The minimum absolute atomic E-state index is 0.485. The molecule has 0 aromatic carbocycles. The second kappa shape index (κ2) is 5.71. The number of anilines is 1. The molecule has 4 saturated heterocycles. The van der Waals surface area contributed by atoms with Crippen molar-refractivity contribution in [3.63, 3.8) is 0 Å². The van der Waals surface area contributed by atoms with Crippen molar-refractivity contribution in [2.45, 2.75) is 56.7 Å². The van der Waals surface area contributed by atoms with Gasteiger partial charge in [-0.05, 0) is 56.9 Å². The van der Waals surface area contributed by atoms with Crippen molar-refractivity contribution in [1.29, 1.82) is 0 Å². The molecule has 5 nitrogen and oxygen atoms in total. The highest BCUT2D eigenvalue weighted by molar-refractivity contribution is 5.42. The molecule has 5 atom stereocenters. The Labute approximate surface area is 138 Å². The maximum absolute atomic E-state index is 4.65. The quantitative estimate of drug-likeness (QED) is 0.873. The zero-order chi connectivity index (χ0) is 15.2. The molecule has 1 aromatic rings. The third kappa shape index (κ3) is 2.64. The maximum atomic E-state index is 4.65. The summed E-state index contributed by atoms with van der Waals surface area (Å²) >= 11 is 0. The highest BCUT2D eigenvalue weighted by atomic mass is 15.3. The van der Waals surface area contributed by atoms with Gasteiger partial charge < -0.3 is 10.2 Å². The predicted molar refractivity (Wildman–Crippen MR) is 90.4 cm³/mol. The molecule has 6 rings (SSSR count). The fourth-order valence-corrected chi connectivity index (χ4v) is 5.42. The third-order valence-corrected chi connectivity index (χ3v) is 6.40. The summed E-state index contributed by atoms with van der Waals surface area (Å²) in [6, 6.07) is 3.01. The van der Waals surface area contributed by atoms with Crippen LogP contribution in [0.1, 0.15) is 50.1 Å². The van der Waals surface area contributed by atoms with Crippen LogP contribution in [-0.4, -0.2) is 41.8 Å². The van der Waals surface area contributed by atoms with E-state index in [0.717, 1.165) is 36.8 Å². The van der Waals surface area contributed by atoms with Gasteiger partial charge in [0.2, 0.25) is 0 Å². The average molecular weight is 313 g/mol. The van der Waals surface area contributed by atoms with Crippen LogP contribution in [0.3, 0.4) is 0 Å². The molecule has 5 heteroatoms. The SMILES string of the molecule is c1nc(C2CCCNC2)cc(N2C[C@@H]3C[C@@H]4C[C@H](C3)N[C@@H]2C4)n1. The van der Waals surface area contributed by atoms with Crippen molar-refractivity contribution >= 4 is 5.82 Å². The summed E-state index contributed by atoms with van der Waals surface area (Å²) in [7, 11) is 0. The lowest BCUT2D eigenvalue weighted by Crippen LogP contribution is -2.52. The van der Waals surface area contributed by atoms with Crippen molar-refractivity contribution in [2.75, 3.05) is 24.5 Å². The first-order valence-electron chi connectivity index (χ1n) is 9.40. The molecule has 1 aromatic heterocycles. The lowest BCUT2D eigenvalue weighted by molar-refractivity contribution is 0.174. The number of aromatic nitrogens is 2. The summed E-state index contributed by atoms with van der Waals surface area (Å²) < 4.78 is 0. The lowest BCUT2D eigenvalue weighted by atomic mass is 9.76. The van der Waals surface area contributed by atoms with Gasteiger partial charge in [-0.2, -0.15) is 0 Å². The molecule has 5 fully saturated rings. The molecule has 23 heavy (non-hydrogen) atoms. The van der Waals surface area contributed by atoms with Gasteiger partial charge in [0.25, 0.3) is 0 Å². The van der Waals surface area contributed by atoms with Crippen molar-refractivity contribution in [1.82, 2.24) is 20.6 Å². The number of nitrogens with one attached hydrogen (secondary N) is 2. The molecule has 124 valence electrons. The Morgan fingerprint density at radius 1 is 1.09 bits per heavy atom. The number of piperidine rings is 2. The Bertz CT molecular complexity index is 556. The molecule has 2 N–H and O–H groups in total. The topological polar surface area (TPSA) is 53.1 Å². The molecule has 4 bridgehead atoms. The van der Waals surface area contributed by atoms with Crippen LogP contribution in [0.15, 0.2) is 12.4 Å². The van der Waals surface area contributed by atoms with E-state index in [1.165, 1.54) is 50.8 Å². The zero-order valence-electron chi connectivity index (χ0n) is 13.7. The van der Waals surface area contributed by atoms with Gasteiger partial charge in [-0.25, -0.2) is 9.97 Å². The van der Waals surface area contributed by atoms with E-state index >= 15 is 0 Å². The molecule has 0 amide bonds. The first kappa shape index (κ1) is 14.2. The minimum atomic E-state index is 0.485. The fraction of sp³-hybridized carbons (Fsp3) is 0.778. The molecule has 4 aliphatic heterocycles. The summed E-state index contributed by atoms with van der Waals surface area (Å²) in [5, 5.41) is 7.38. The Hall–Kier alpha value is -1.20. The monoisotopic (exact) mass is 313 g/mol. The number of nitrogens with zero attached hydrogens (tertiary/aromatic N) is 3. The van der Waals surface area contributed by atoms with Crippen molar-refractivity contribution in [2.24, 2.45) is 11.8 Å². The van der Waals surface area contributed by atoms with E-state index in [-0.39, 0.29) is 0 Å². The standard InChI is InChI=1S/C18H27N5/c1-2-14(9-19-3-1)16-8-17(21-11-20-16)23-10-13-4-12-5-15(6-13)22-18(23)7-12/h8,11-15,18-19,22H,1-7,9-10H2/t12-,13-,14?,15-,18+/m1/s1. The van der Waals surface area contributed by atoms with Crippen LogP contribution in [0.4, 0.5) is 5.82 Å². The Balaban J connectivity index is 1.42. The minimum Gasteiger partial charge on any atom is -0.341 e. The van der Waals surface area contributed by atoms with Gasteiger partial charge in [0.1, 0.15) is 12.1 Å². The summed E-state index contributed by atoms with van der Waals surface area (Å²) in [5.41, 5.74) is 1.23. The first-order chi connectivity index (χ1) is 11.3. The number of hydrogen-bond donors (Lipinski definition) is 2. The molecule has 5 aliphatic rings. The number of rotatable bonds is 2. The number of hydrogen-bond acceptors (Lipinski definition) is 5. The number of fused-ring (bicyclic) bond motifs is 1. The Morgan fingerprint density at radius 2 is 2.04 bits per heavy atom. The third-order valence-electron chi connectivity index (χ3n) is 6.40. The van der Waals surface area contributed by atoms with Gasteiger partial charge in [0.05, 0.1) is 11.9 Å². The van der Waals surface area contributed by atoms with E-state index < -0.39 is 0 Å². The van der Waals surface area contributed by atoms with E-state index in [0.29, 0.717) is 12.1 Å². The van der Waals surface area contributed by atoms with Crippen molar-refractivity contribution in [3.05, 3.63) is 18.1 Å². The Kier molecular flexibility index (Phi) is 3.52. The van der Waals surface area contributed by atoms with Gasteiger partial charge in [-0.3, -0.25) is 5.32 Å². The van der Waals surface area contributed by atoms with E-state index in [2.05, 4.69) is 31.6 Å². The molecule has 1 saturated carbocycles. The normalized spacial score (nSPS) is 39.5. The van der Waals surface area contributed by atoms with Crippen molar-refractivity contribution in [3.8, 4) is 0 Å². The predicted octanol–water partition coefficient (Wildman–Crippen LogP) is 1.87. The molecule has 1 unspecified atom stereocenters. The van der Waals surface area contributed by atoms with E-state index in [4.69, 9.17) is 0 Å². The summed E-state index contributed by atoms with van der Waals surface area (Å²) in [6.07, 6.45) is 10.2. The highest BCUT2D eigenvalue weighted by Gasteiger charge is 2.42. The highest BCUT2D eigenvalue weighted by Crippen LogP contribution is 2.41. The smallest absolute Gasteiger partial charge is 0.133 e. The van der Waals surface area contributed by atoms with Crippen LogP contribution in [-0.2, 0) is 0 Å². The molecule has 5 heterocycles. The molecule has 1 aliphatic carbocycles. The van der Waals surface area contributed by atoms with Crippen LogP contribution in [0, 0.1) is 11.8 Å². The van der Waals surface area contributed by atoms with E-state index in [9.17, 15) is 0 Å². The second-order valence-electron chi connectivity index (χ2n) is 8.05. The molecule has 0 radical (unpaired) electrons. The van der Waals surface area contributed by atoms with E-state index in [1.54, 1.807) is 6.33 Å². The summed E-state index contributed by atoms with van der Waals surface area (Å²) in [5.74, 6) is 3.47. The van der Waals surface area contributed by atoms with Gasteiger partial charge in [0, 0.05) is 31.1 Å². The van der Waals surface area contributed by atoms with Crippen LogP contribution in [0.2, 0.25) is 0 Å². The van der Waals surface area contributed by atoms with Gasteiger partial charge in [-0.1, -0.05) is 0 Å². The molecular weight excluding hydrogens is 286 g/mol. The van der Waals surface area contributed by atoms with Gasteiger partial charge in [0.15, 0.2) is 0 Å². The zero-order valence-corrected chi connectivity index (χ0v) is 13.7. The maximum Gasteiger partial charge on any atom is 0.133 e. The van der Waals surface area contributed by atoms with Crippen molar-refractivity contribution < 1.29 is 0 Å². The summed E-state index contributed by atoms with van der Waals surface area (Å²) in [6.45, 7) is 3.38. The molecule has 0 spiro atoms. The van der Waals surface area contributed by atoms with Crippen LogP contribution in [0.25, 0.3) is 0 Å². The fourth-order valence-electron chi connectivity index (χ4n) is 5.42. The lowest BCUT2D eigenvalue weighted by Gasteiger charge is -2.40. The second-order valence-corrected chi connectivity index (χ2v) is 8.05. The summed E-state index contributed by atoms with van der Waals surface area (Å²) in [4.78, 5) is 11.8. The largest absolute Gasteiger partial charge is 0.341 e. The first-order valence-corrected chi connectivity index (χ1v) is 9.40. The molecular formula is C18H27N5. The van der Waals surface area contributed by atoms with Gasteiger partial charge in [-0.15, -0.1) is 0 Å².